The maximum atomic E-state index is 12.8. The van der Waals surface area contributed by atoms with Crippen molar-refractivity contribution in [1.29, 1.82) is 0 Å². The Kier molecular flexibility index (Phi) is 34.4. The molecule has 0 aromatic heterocycles. The number of unbranched alkanes of at least 4 members (excludes halogenated alkanes) is 5. The molecule has 62 heavy (non-hydrogen) atoms. The predicted octanol–water partition coefficient (Wildman–Crippen LogP) is 9.22. The fourth-order valence-corrected chi connectivity index (χ4v) is 6.64. The quantitative estimate of drug-likeness (QED) is 0.0205. The smallest absolute Gasteiger partial charge is 0.306 e. The monoisotopic (exact) mass is 889 g/mol. The minimum absolute atomic E-state index is 0.0281. The van der Waals surface area contributed by atoms with Crippen molar-refractivity contribution in [1.82, 2.24) is 0 Å². The highest BCUT2D eigenvalue weighted by Crippen LogP contribution is 2.24. The Morgan fingerprint density at radius 2 is 1.00 bits per heavy atom. The van der Waals surface area contributed by atoms with E-state index in [0.717, 1.165) is 83.5 Å². The van der Waals surface area contributed by atoms with E-state index in [4.69, 9.17) is 18.9 Å². The molecule has 0 aromatic rings. The van der Waals surface area contributed by atoms with Gasteiger partial charge in [-0.15, -0.1) is 0 Å². The first-order valence-electron chi connectivity index (χ1n) is 22.4. The molecule has 350 valence electrons. The predicted molar refractivity (Wildman–Crippen MR) is 247 cm³/mol. The average molecular weight is 889 g/mol. The van der Waals surface area contributed by atoms with Gasteiger partial charge in [-0.2, -0.15) is 8.42 Å². The molecule has 1 aliphatic heterocycles. The van der Waals surface area contributed by atoms with Gasteiger partial charge in [0.15, 0.2) is 12.4 Å². The Balaban J connectivity index is 2.53. The third-order valence-corrected chi connectivity index (χ3v) is 10.1. The van der Waals surface area contributed by atoms with Gasteiger partial charge in [0.1, 0.15) is 36.8 Å². The van der Waals surface area contributed by atoms with Crippen LogP contribution in [0.3, 0.4) is 0 Å². The maximum Gasteiger partial charge on any atom is 0.306 e. The molecule has 6 unspecified atom stereocenters. The Morgan fingerprint density at radius 3 is 1.50 bits per heavy atom. The lowest BCUT2D eigenvalue weighted by atomic mass is 10.00. The van der Waals surface area contributed by atoms with Gasteiger partial charge in [0, 0.05) is 12.8 Å². The number of hydrogen-bond donors (Lipinski definition) is 4. The lowest BCUT2D eigenvalue weighted by Crippen LogP contribution is -2.60. The summed E-state index contributed by atoms with van der Waals surface area (Å²) < 4.78 is 54.0. The Labute approximate surface area is 372 Å². The first-order chi connectivity index (χ1) is 30.0. The summed E-state index contributed by atoms with van der Waals surface area (Å²) in [5.41, 5.74) is 0. The molecule has 4 N–H and O–H groups in total. The molecule has 0 saturated carbocycles. The van der Waals surface area contributed by atoms with Crippen LogP contribution in [0.5, 0.6) is 0 Å². The normalized spacial score (nSPS) is 20.9. The summed E-state index contributed by atoms with van der Waals surface area (Å²) in [6.07, 6.45) is 42.9. The molecule has 13 heteroatoms. The van der Waals surface area contributed by atoms with Crippen LogP contribution in [0.4, 0.5) is 0 Å². The van der Waals surface area contributed by atoms with Crippen LogP contribution < -0.4 is 0 Å². The second-order valence-corrected chi connectivity index (χ2v) is 16.4. The maximum absolute atomic E-state index is 12.8. The largest absolute Gasteiger partial charge is 0.462 e. The number of allylic oxidation sites excluding steroid dienone is 18. The second-order valence-electron chi connectivity index (χ2n) is 14.9. The van der Waals surface area contributed by atoms with Crippen LogP contribution in [0.25, 0.3) is 0 Å². The molecular formula is C49H76O12S. The molecular weight excluding hydrogens is 813 g/mol. The van der Waals surface area contributed by atoms with Gasteiger partial charge in [0.05, 0.1) is 6.61 Å². The van der Waals surface area contributed by atoms with Gasteiger partial charge >= 0.3 is 11.9 Å². The van der Waals surface area contributed by atoms with Gasteiger partial charge in [-0.3, -0.25) is 14.1 Å². The van der Waals surface area contributed by atoms with E-state index in [1.54, 1.807) is 0 Å². The van der Waals surface area contributed by atoms with Crippen LogP contribution >= 0.6 is 0 Å². The minimum Gasteiger partial charge on any atom is -0.462 e. The highest BCUT2D eigenvalue weighted by atomic mass is 32.2. The number of esters is 2. The third kappa shape index (κ3) is 32.1. The molecule has 0 aromatic carbocycles. The van der Waals surface area contributed by atoms with Crippen LogP contribution in [0.1, 0.15) is 129 Å². The number of carbonyl (C=O) groups is 2. The van der Waals surface area contributed by atoms with Crippen LogP contribution in [0, 0.1) is 0 Å². The second kappa shape index (κ2) is 37.8. The van der Waals surface area contributed by atoms with Crippen molar-refractivity contribution in [2.75, 3.05) is 19.0 Å². The van der Waals surface area contributed by atoms with Crippen molar-refractivity contribution in [3.05, 3.63) is 109 Å². The van der Waals surface area contributed by atoms with Crippen molar-refractivity contribution >= 4 is 22.1 Å². The van der Waals surface area contributed by atoms with E-state index in [0.29, 0.717) is 19.3 Å². The van der Waals surface area contributed by atoms with Crippen molar-refractivity contribution in [2.24, 2.45) is 0 Å². The van der Waals surface area contributed by atoms with Gasteiger partial charge in [-0.05, 0) is 83.5 Å². The Hall–Kier alpha value is -3.69. The molecule has 0 amide bonds. The highest BCUT2D eigenvalue weighted by Gasteiger charge is 2.46. The van der Waals surface area contributed by atoms with E-state index < -0.39 is 71.2 Å². The molecule has 1 saturated heterocycles. The van der Waals surface area contributed by atoms with Crippen LogP contribution in [0.15, 0.2) is 109 Å². The van der Waals surface area contributed by atoms with E-state index in [1.807, 2.05) is 18.2 Å². The summed E-state index contributed by atoms with van der Waals surface area (Å²) >= 11 is 0. The fraction of sp³-hybridized carbons (Fsp3) is 0.592. The van der Waals surface area contributed by atoms with Gasteiger partial charge < -0.3 is 34.3 Å². The molecule has 1 aliphatic rings. The number of aliphatic hydroxyl groups is 3. The number of rotatable bonds is 35. The van der Waals surface area contributed by atoms with Gasteiger partial charge in [0.2, 0.25) is 0 Å². The summed E-state index contributed by atoms with van der Waals surface area (Å²) in [6, 6.07) is 0. The van der Waals surface area contributed by atoms with E-state index in [1.165, 1.54) is 0 Å². The molecule has 0 bridgehead atoms. The molecule has 1 rings (SSSR count). The summed E-state index contributed by atoms with van der Waals surface area (Å²) in [5, 5.41) is 30.9. The highest BCUT2D eigenvalue weighted by molar-refractivity contribution is 7.85. The number of carbonyl (C=O) groups excluding carboxylic acids is 2. The average Bonchev–Trinajstić information content (AvgIpc) is 3.24. The number of ether oxygens (including phenoxy) is 4. The van der Waals surface area contributed by atoms with Gasteiger partial charge in [0.25, 0.3) is 10.1 Å². The Morgan fingerprint density at radius 1 is 0.548 bits per heavy atom. The molecule has 0 aliphatic carbocycles. The number of hydrogen-bond acceptors (Lipinski definition) is 11. The van der Waals surface area contributed by atoms with Crippen molar-refractivity contribution in [2.45, 2.75) is 166 Å². The van der Waals surface area contributed by atoms with Crippen molar-refractivity contribution in [3.63, 3.8) is 0 Å². The minimum atomic E-state index is -4.62. The first-order valence-corrected chi connectivity index (χ1v) is 24.1. The van der Waals surface area contributed by atoms with Crippen LogP contribution in [-0.2, 0) is 38.7 Å². The Bertz CT molecular complexity index is 1560. The first kappa shape index (κ1) is 56.3. The van der Waals surface area contributed by atoms with Crippen LogP contribution in [-0.4, -0.2) is 96.0 Å². The lowest BCUT2D eigenvalue weighted by molar-refractivity contribution is -0.297. The number of aliphatic hydroxyl groups excluding tert-OH is 3. The van der Waals surface area contributed by atoms with E-state index in [9.17, 15) is 37.9 Å². The van der Waals surface area contributed by atoms with Gasteiger partial charge in [-0.1, -0.05) is 142 Å². The van der Waals surface area contributed by atoms with E-state index in [2.05, 4.69) is 105 Å². The molecule has 0 radical (unpaired) electrons. The van der Waals surface area contributed by atoms with E-state index in [-0.39, 0.29) is 19.4 Å². The SMILES string of the molecule is CC/C=C\C/C=C\C/C=C\C/C=C\C/C=C\C/C=C\CCC(=O)OC(COC(=O)CCCCCCC/C=C\C/C=C\C/C=C\CC)COC1OC(CS(=O)(=O)O)C(O)C(O)C1O. The molecule has 6 atom stereocenters. The van der Waals surface area contributed by atoms with Crippen molar-refractivity contribution in [3.8, 4) is 0 Å². The molecule has 1 fully saturated rings. The lowest BCUT2D eigenvalue weighted by Gasteiger charge is -2.40. The van der Waals surface area contributed by atoms with E-state index >= 15 is 0 Å². The summed E-state index contributed by atoms with van der Waals surface area (Å²) in [7, 11) is -4.62. The third-order valence-electron chi connectivity index (χ3n) is 9.36. The summed E-state index contributed by atoms with van der Waals surface area (Å²) in [6.45, 7) is 3.43. The zero-order valence-corrected chi connectivity index (χ0v) is 38.0. The summed E-state index contributed by atoms with van der Waals surface area (Å²) in [5.74, 6) is -2.13. The van der Waals surface area contributed by atoms with Crippen molar-refractivity contribution < 1.29 is 56.8 Å². The van der Waals surface area contributed by atoms with Crippen LogP contribution in [0.2, 0.25) is 0 Å². The summed E-state index contributed by atoms with van der Waals surface area (Å²) in [4.78, 5) is 25.4. The van der Waals surface area contributed by atoms with Gasteiger partial charge in [-0.25, -0.2) is 0 Å². The standard InChI is InChI=1S/C49H76O12S/c1-3-5-7-9-11-13-15-17-19-20-21-22-24-26-28-30-32-34-36-38-45(51)60-42(40-59-49-48(54)47(53)46(52)43(61-49)41-62(55,56)57)39-58-44(50)37-35-33-31-29-27-25-23-18-16-14-12-10-8-6-4-2/h5-8,11-14,17-19,21-23,26,28,32,34,42-43,46-49,52-54H,3-4,9-10,15-16,20,24-25,27,29-31,33,35-41H2,1-2H3,(H,55,56,57)/b7-5-,8-6-,13-11-,14-12-,19-17-,22-21-,23-18-,28-26-,34-32-. The molecule has 0 spiro atoms. The molecule has 12 nitrogen and oxygen atoms in total. The topological polar surface area (TPSA) is 186 Å². The zero-order valence-electron chi connectivity index (χ0n) is 37.2. The zero-order chi connectivity index (χ0) is 45.5. The molecule has 1 heterocycles. The fourth-order valence-electron chi connectivity index (χ4n) is 5.95.